The first-order chi connectivity index (χ1) is 17.4. The SMILES string of the molecule is CCCOC(=O)c1cccc(-c2cccc(C(=O)OCCC)c2C(=O)OCCC)c1C(=O)OCCC. The van der Waals surface area contributed by atoms with Gasteiger partial charge in [0.2, 0.25) is 0 Å². The molecule has 0 heterocycles. The highest BCUT2D eigenvalue weighted by Gasteiger charge is 2.29. The summed E-state index contributed by atoms with van der Waals surface area (Å²) in [5, 5.41) is 0. The minimum absolute atomic E-state index is 0.00823. The highest BCUT2D eigenvalue weighted by molar-refractivity contribution is 6.12. The van der Waals surface area contributed by atoms with E-state index >= 15 is 0 Å². The summed E-state index contributed by atoms with van der Waals surface area (Å²) in [5.41, 5.74) is 0.417. The largest absolute Gasteiger partial charge is 0.462 e. The molecule has 0 N–H and O–H groups in total. The maximum atomic E-state index is 13.2. The normalized spacial score (nSPS) is 10.4. The molecule has 8 nitrogen and oxygen atoms in total. The van der Waals surface area contributed by atoms with Crippen LogP contribution in [0.5, 0.6) is 0 Å². The predicted molar refractivity (Wildman–Crippen MR) is 134 cm³/mol. The first-order valence-corrected chi connectivity index (χ1v) is 12.4. The van der Waals surface area contributed by atoms with Gasteiger partial charge < -0.3 is 18.9 Å². The molecule has 0 bridgehead atoms. The van der Waals surface area contributed by atoms with Gasteiger partial charge in [-0.1, -0.05) is 52.0 Å². The lowest BCUT2D eigenvalue weighted by atomic mass is 9.90. The summed E-state index contributed by atoms with van der Waals surface area (Å²) in [6.45, 7) is 8.07. The molecule has 0 aliphatic heterocycles. The highest BCUT2D eigenvalue weighted by Crippen LogP contribution is 2.33. The summed E-state index contributed by atoms with van der Waals surface area (Å²) in [7, 11) is 0. The zero-order valence-electron chi connectivity index (χ0n) is 21.4. The Labute approximate surface area is 211 Å². The van der Waals surface area contributed by atoms with Crippen LogP contribution in [0.4, 0.5) is 0 Å². The smallest absolute Gasteiger partial charge is 0.339 e. The minimum atomic E-state index is -0.734. The van der Waals surface area contributed by atoms with Gasteiger partial charge in [-0.05, 0) is 48.9 Å². The number of esters is 4. The van der Waals surface area contributed by atoms with Crippen LogP contribution in [0.2, 0.25) is 0 Å². The molecule has 2 aromatic rings. The first-order valence-electron chi connectivity index (χ1n) is 12.4. The maximum absolute atomic E-state index is 13.2. The topological polar surface area (TPSA) is 105 Å². The van der Waals surface area contributed by atoms with Gasteiger partial charge in [0.1, 0.15) is 0 Å². The van der Waals surface area contributed by atoms with E-state index in [4.69, 9.17) is 18.9 Å². The van der Waals surface area contributed by atoms with Crippen molar-refractivity contribution in [2.24, 2.45) is 0 Å². The van der Waals surface area contributed by atoms with Crippen molar-refractivity contribution in [2.45, 2.75) is 53.4 Å². The van der Waals surface area contributed by atoms with Crippen LogP contribution < -0.4 is 0 Å². The average Bonchev–Trinajstić information content (AvgIpc) is 2.90. The Morgan fingerprint density at radius 3 is 1.11 bits per heavy atom. The fourth-order valence-corrected chi connectivity index (χ4v) is 3.41. The Morgan fingerprint density at radius 1 is 0.500 bits per heavy atom. The van der Waals surface area contributed by atoms with Gasteiger partial charge in [-0.25, -0.2) is 19.2 Å². The molecule has 194 valence electrons. The van der Waals surface area contributed by atoms with Crippen LogP contribution in [-0.2, 0) is 18.9 Å². The number of benzene rings is 2. The molecular weight excluding hydrogens is 464 g/mol. The number of rotatable bonds is 13. The first kappa shape index (κ1) is 28.6. The van der Waals surface area contributed by atoms with Crippen molar-refractivity contribution in [1.29, 1.82) is 0 Å². The number of carbonyl (C=O) groups excluding carboxylic acids is 4. The van der Waals surface area contributed by atoms with E-state index < -0.39 is 23.9 Å². The molecule has 0 aliphatic rings. The second-order valence-corrected chi connectivity index (χ2v) is 8.00. The molecule has 0 saturated heterocycles. The summed E-state index contributed by atoms with van der Waals surface area (Å²) < 4.78 is 21.3. The number of carbonyl (C=O) groups is 4. The van der Waals surface area contributed by atoms with Crippen LogP contribution in [0, 0.1) is 0 Å². The molecule has 0 atom stereocenters. The van der Waals surface area contributed by atoms with E-state index in [1.807, 2.05) is 27.7 Å². The van der Waals surface area contributed by atoms with Crippen LogP contribution in [-0.4, -0.2) is 50.3 Å². The van der Waals surface area contributed by atoms with Gasteiger partial charge >= 0.3 is 23.9 Å². The van der Waals surface area contributed by atoms with E-state index in [-0.39, 0.29) is 59.8 Å². The molecule has 0 unspecified atom stereocenters. The van der Waals surface area contributed by atoms with Crippen LogP contribution in [0.15, 0.2) is 36.4 Å². The average molecular weight is 499 g/mol. The summed E-state index contributed by atoms with van der Waals surface area (Å²) in [6, 6.07) is 9.28. The quantitative estimate of drug-likeness (QED) is 0.259. The molecular formula is C28H34O8. The fourth-order valence-electron chi connectivity index (χ4n) is 3.41. The number of ether oxygens (including phenoxy) is 4. The lowest BCUT2D eigenvalue weighted by Crippen LogP contribution is -2.19. The third-order valence-corrected chi connectivity index (χ3v) is 5.02. The Bertz CT molecular complexity index is 988. The number of hydrogen-bond donors (Lipinski definition) is 0. The van der Waals surface area contributed by atoms with Crippen LogP contribution in [0.3, 0.4) is 0 Å². The lowest BCUT2D eigenvalue weighted by molar-refractivity contribution is 0.0456. The Hall–Kier alpha value is -3.68. The van der Waals surface area contributed by atoms with E-state index in [2.05, 4.69) is 0 Å². The predicted octanol–water partition coefficient (Wildman–Crippen LogP) is 5.62. The second kappa shape index (κ2) is 14.7. The van der Waals surface area contributed by atoms with E-state index in [0.717, 1.165) is 0 Å². The Morgan fingerprint density at radius 2 is 0.806 bits per heavy atom. The zero-order chi connectivity index (χ0) is 26.5. The minimum Gasteiger partial charge on any atom is -0.462 e. The van der Waals surface area contributed by atoms with Gasteiger partial charge in [0.15, 0.2) is 0 Å². The van der Waals surface area contributed by atoms with Crippen molar-refractivity contribution in [1.82, 2.24) is 0 Å². The summed E-state index contributed by atoms with van der Waals surface area (Å²) in [5.74, 6) is -2.84. The van der Waals surface area contributed by atoms with Crippen molar-refractivity contribution >= 4 is 23.9 Å². The van der Waals surface area contributed by atoms with E-state index in [1.165, 1.54) is 12.1 Å². The second-order valence-electron chi connectivity index (χ2n) is 8.00. The van der Waals surface area contributed by atoms with Crippen LogP contribution in [0.1, 0.15) is 94.8 Å². The molecule has 0 saturated carbocycles. The molecule has 0 aromatic heterocycles. The van der Waals surface area contributed by atoms with Crippen molar-refractivity contribution < 1.29 is 38.1 Å². The van der Waals surface area contributed by atoms with Crippen molar-refractivity contribution in [3.05, 3.63) is 58.7 Å². The lowest BCUT2D eigenvalue weighted by Gasteiger charge is -2.18. The van der Waals surface area contributed by atoms with Crippen molar-refractivity contribution in [3.8, 4) is 11.1 Å². The molecule has 0 fully saturated rings. The summed E-state index contributed by atoms with van der Waals surface area (Å²) in [4.78, 5) is 52.0. The molecule has 0 amide bonds. The Kier molecular flexibility index (Phi) is 11.6. The molecule has 0 aliphatic carbocycles. The van der Waals surface area contributed by atoms with Gasteiger partial charge in [0, 0.05) is 0 Å². The van der Waals surface area contributed by atoms with Gasteiger partial charge in [-0.15, -0.1) is 0 Å². The van der Waals surface area contributed by atoms with Crippen molar-refractivity contribution in [2.75, 3.05) is 26.4 Å². The molecule has 8 heteroatoms. The van der Waals surface area contributed by atoms with Gasteiger partial charge in [-0.3, -0.25) is 0 Å². The third-order valence-electron chi connectivity index (χ3n) is 5.02. The fraction of sp³-hybridized carbons (Fsp3) is 0.429. The molecule has 2 rings (SSSR count). The van der Waals surface area contributed by atoms with Crippen LogP contribution >= 0.6 is 0 Å². The molecule has 0 radical (unpaired) electrons. The standard InChI is InChI=1S/C28H34O8/c1-5-15-33-25(29)21-13-9-11-19(23(21)27(31)35-17-7-3)20-12-10-14-22(26(30)34-16-6-2)24(20)28(32)36-18-8-4/h9-14H,5-8,15-18H2,1-4H3. The third kappa shape index (κ3) is 7.16. The summed E-state index contributed by atoms with van der Waals surface area (Å²) in [6.07, 6.45) is 2.38. The monoisotopic (exact) mass is 498 g/mol. The van der Waals surface area contributed by atoms with E-state index in [9.17, 15) is 19.2 Å². The van der Waals surface area contributed by atoms with E-state index in [1.54, 1.807) is 24.3 Å². The summed E-state index contributed by atoms with van der Waals surface area (Å²) >= 11 is 0. The zero-order valence-corrected chi connectivity index (χ0v) is 21.4. The molecule has 36 heavy (non-hydrogen) atoms. The van der Waals surface area contributed by atoms with Gasteiger partial charge in [0.25, 0.3) is 0 Å². The van der Waals surface area contributed by atoms with Gasteiger partial charge in [0.05, 0.1) is 48.7 Å². The Balaban J connectivity index is 2.79. The van der Waals surface area contributed by atoms with Crippen LogP contribution in [0.25, 0.3) is 11.1 Å². The molecule has 0 spiro atoms. The van der Waals surface area contributed by atoms with E-state index in [0.29, 0.717) is 25.7 Å². The molecule has 2 aromatic carbocycles. The maximum Gasteiger partial charge on any atom is 0.339 e. The number of hydrogen-bond acceptors (Lipinski definition) is 8. The van der Waals surface area contributed by atoms with Crippen molar-refractivity contribution in [3.63, 3.8) is 0 Å². The van der Waals surface area contributed by atoms with Gasteiger partial charge in [-0.2, -0.15) is 0 Å². The highest BCUT2D eigenvalue weighted by atomic mass is 16.5.